The van der Waals surface area contributed by atoms with E-state index in [-0.39, 0.29) is 59.6 Å². The molecule has 1 aliphatic carbocycles. The van der Waals surface area contributed by atoms with Crippen molar-refractivity contribution in [1.29, 1.82) is 0 Å². The maximum Gasteiger partial charge on any atom is 0.266 e. The van der Waals surface area contributed by atoms with Gasteiger partial charge in [0, 0.05) is 57.5 Å². The Morgan fingerprint density at radius 1 is 0.855 bits per heavy atom. The number of benzene rings is 2. The van der Waals surface area contributed by atoms with Gasteiger partial charge in [0.1, 0.15) is 42.3 Å². The molecule has 5 atom stereocenters. The Kier molecular flexibility index (Phi) is 20.2. The number of imidazole rings is 2. The summed E-state index contributed by atoms with van der Waals surface area (Å²) in [6, 6.07) is 10.5. The van der Waals surface area contributed by atoms with Crippen LogP contribution >= 0.6 is 0 Å². The number of aromatic nitrogens is 6. The first kappa shape index (κ1) is 60.7. The number of amides is 6. The fourth-order valence-electron chi connectivity index (χ4n) is 11.9. The number of rotatable bonds is 30. The standard InChI is InChI=1S/C61H84N12O10/c1-37(2)71(40-30-38(31-40)21-25-47-68-42-23-22-39(61(3,4)5)32-43(42)69-47)33-46-53(77)54(78)60(83-46)72-36-67-52-55(65-35-66-56(52)72)64-29-16-15-28-62-48(74)20-13-11-9-7-6-8-10-12-14-27-63-50(76)34-82-45-19-17-18-41-51(45)59(81)73(58(41)80)44-24-26-49(75)70-57(44)79/h17-19,22-23,32,35-38,40,44,46,53-54,60,77-78H,6-16,20-21,24-31,33-34H2,1-5H3,(H,62,74)(H,63,76)(H,68,69)(H,64,65,66)(H,70,75,79)/t38?,40?,44?,46-,53-,54-,60-/m1/s1. The van der Waals surface area contributed by atoms with Crippen LogP contribution < -0.4 is 26.0 Å². The van der Waals surface area contributed by atoms with Gasteiger partial charge in [0.15, 0.2) is 29.8 Å². The number of anilines is 1. The topological polar surface area (TPSA) is 288 Å². The summed E-state index contributed by atoms with van der Waals surface area (Å²) >= 11 is 0. The van der Waals surface area contributed by atoms with Crippen LogP contribution in [0.15, 0.2) is 49.1 Å². The molecule has 2 aromatic carbocycles. The molecule has 22 heteroatoms. The number of imide groups is 2. The van der Waals surface area contributed by atoms with Gasteiger partial charge in [-0.2, -0.15) is 0 Å². The minimum absolute atomic E-state index is 0.00305. The van der Waals surface area contributed by atoms with E-state index < -0.39 is 54.2 Å². The van der Waals surface area contributed by atoms with Gasteiger partial charge in [-0.15, -0.1) is 0 Å². The van der Waals surface area contributed by atoms with Crippen LogP contribution in [0.25, 0.3) is 22.2 Å². The van der Waals surface area contributed by atoms with E-state index >= 15 is 0 Å². The van der Waals surface area contributed by atoms with Crippen molar-refractivity contribution in [3.63, 3.8) is 0 Å². The van der Waals surface area contributed by atoms with Crippen LogP contribution in [0.2, 0.25) is 0 Å². The first-order valence-electron chi connectivity index (χ1n) is 30.1. The highest BCUT2D eigenvalue weighted by Gasteiger charge is 2.48. The van der Waals surface area contributed by atoms with E-state index in [1.807, 2.05) is 0 Å². The molecule has 7 N–H and O–H groups in total. The molecule has 5 aromatic rings. The summed E-state index contributed by atoms with van der Waals surface area (Å²) < 4.78 is 13.8. The quantitative estimate of drug-likeness (QED) is 0.0190. The number of hydrogen-bond acceptors (Lipinski definition) is 16. The van der Waals surface area contributed by atoms with Crippen LogP contribution in [0, 0.1) is 5.92 Å². The first-order chi connectivity index (χ1) is 39.9. The summed E-state index contributed by atoms with van der Waals surface area (Å²) in [7, 11) is 0. The zero-order valence-corrected chi connectivity index (χ0v) is 48.8. The molecule has 22 nitrogen and oxygen atoms in total. The number of H-pyrrole nitrogens is 1. The molecule has 3 fully saturated rings. The molecule has 4 aliphatic rings. The number of carbonyl (C=O) groups excluding carboxylic acids is 6. The summed E-state index contributed by atoms with van der Waals surface area (Å²) in [5.74, 6) is -0.501. The molecular weight excluding hydrogens is 1060 g/mol. The van der Waals surface area contributed by atoms with Gasteiger partial charge in [-0.1, -0.05) is 77.8 Å². The highest BCUT2D eigenvalue weighted by molar-refractivity contribution is 6.24. The van der Waals surface area contributed by atoms with Crippen LogP contribution in [-0.4, -0.2) is 154 Å². The number of hydrogen-bond donors (Lipinski definition) is 7. The Morgan fingerprint density at radius 3 is 2.30 bits per heavy atom. The van der Waals surface area contributed by atoms with Crippen molar-refractivity contribution >= 4 is 63.5 Å². The Labute approximate surface area is 485 Å². The highest BCUT2D eigenvalue weighted by atomic mass is 16.6. The van der Waals surface area contributed by atoms with Crippen molar-refractivity contribution < 1.29 is 48.5 Å². The molecule has 3 aliphatic heterocycles. The van der Waals surface area contributed by atoms with Crippen LogP contribution in [0.1, 0.15) is 182 Å². The van der Waals surface area contributed by atoms with Crippen molar-refractivity contribution in [2.24, 2.45) is 5.92 Å². The fourth-order valence-corrected chi connectivity index (χ4v) is 11.9. The van der Waals surface area contributed by atoms with Crippen molar-refractivity contribution in [2.45, 2.75) is 198 Å². The lowest BCUT2D eigenvalue weighted by Crippen LogP contribution is -2.54. The summed E-state index contributed by atoms with van der Waals surface area (Å²) in [5.41, 5.74) is 4.60. The average molecular weight is 1150 g/mol. The average Bonchev–Trinajstić information content (AvgIpc) is 3.01. The van der Waals surface area contributed by atoms with Crippen molar-refractivity contribution in [1.82, 2.24) is 55.2 Å². The van der Waals surface area contributed by atoms with Gasteiger partial charge < -0.3 is 40.6 Å². The molecule has 9 rings (SSSR count). The van der Waals surface area contributed by atoms with Crippen molar-refractivity contribution in [3.05, 3.63) is 71.6 Å². The third kappa shape index (κ3) is 14.9. The number of unbranched alkanes of at least 4 members (excludes halogenated alkanes) is 9. The molecule has 6 heterocycles. The smallest absolute Gasteiger partial charge is 0.266 e. The predicted octanol–water partition coefficient (Wildman–Crippen LogP) is 6.55. The van der Waals surface area contributed by atoms with Gasteiger partial charge in [0.2, 0.25) is 17.7 Å². The zero-order valence-electron chi connectivity index (χ0n) is 48.8. The van der Waals surface area contributed by atoms with E-state index in [1.165, 1.54) is 24.0 Å². The van der Waals surface area contributed by atoms with E-state index in [9.17, 15) is 39.0 Å². The van der Waals surface area contributed by atoms with Gasteiger partial charge >= 0.3 is 0 Å². The van der Waals surface area contributed by atoms with Gasteiger partial charge in [0.05, 0.1) is 28.5 Å². The van der Waals surface area contributed by atoms with E-state index in [4.69, 9.17) is 14.5 Å². The van der Waals surface area contributed by atoms with Crippen LogP contribution in [-0.2, 0) is 35.8 Å². The van der Waals surface area contributed by atoms with Crippen LogP contribution in [0.5, 0.6) is 5.75 Å². The third-order valence-electron chi connectivity index (χ3n) is 16.8. The number of aryl methyl sites for hydroxylation is 1. The number of aliphatic hydroxyl groups excluding tert-OH is 2. The van der Waals surface area contributed by atoms with Gasteiger partial charge in [-0.3, -0.25) is 48.5 Å². The number of carbonyl (C=O) groups is 6. The second-order valence-electron chi connectivity index (χ2n) is 24.3. The van der Waals surface area contributed by atoms with Crippen LogP contribution in [0.3, 0.4) is 0 Å². The highest BCUT2D eigenvalue weighted by Crippen LogP contribution is 2.39. The number of piperidine rings is 1. The van der Waals surface area contributed by atoms with E-state index in [2.05, 4.69) is 98.9 Å². The molecule has 6 amide bonds. The normalized spacial score (nSPS) is 21.7. The molecule has 0 bridgehead atoms. The first-order valence-corrected chi connectivity index (χ1v) is 30.1. The molecule has 83 heavy (non-hydrogen) atoms. The second-order valence-corrected chi connectivity index (χ2v) is 24.3. The number of nitrogens with zero attached hydrogens (tertiary/aromatic N) is 7. The molecular formula is C61H84N12O10. The number of aromatic amines is 1. The lowest BCUT2D eigenvalue weighted by atomic mass is 9.76. The number of ether oxygens (including phenoxy) is 2. The molecule has 1 unspecified atom stereocenters. The second kappa shape index (κ2) is 27.7. The summed E-state index contributed by atoms with van der Waals surface area (Å²) in [6.45, 7) is 12.9. The molecule has 3 aromatic heterocycles. The minimum atomic E-state index is -1.17. The summed E-state index contributed by atoms with van der Waals surface area (Å²) in [5, 5.41) is 34.1. The molecule has 0 radical (unpaired) electrons. The lowest BCUT2D eigenvalue weighted by molar-refractivity contribution is -0.136. The van der Waals surface area contributed by atoms with Crippen molar-refractivity contribution in [2.75, 3.05) is 38.1 Å². The zero-order chi connectivity index (χ0) is 58.8. The molecule has 1 saturated carbocycles. The molecule has 0 spiro atoms. The maximum absolute atomic E-state index is 13.3. The molecule has 2 saturated heterocycles. The Bertz CT molecular complexity index is 3090. The SMILES string of the molecule is CC(C)N(C[C@H]1O[C@@H](n2cnc3c(NCCCCNC(=O)CCCCCCCCCCCNC(=O)COc4cccc5c4C(=O)N(C4CCC(=O)NC4=O)C5=O)ncnc32)[C@H](O)[C@@H]1O)C1CC(CCc2nc3ccc(C(C)(C)C)cc3[nH]2)C1. The van der Waals surface area contributed by atoms with Gasteiger partial charge in [-0.25, -0.2) is 19.9 Å². The van der Waals surface area contributed by atoms with E-state index in [0.29, 0.717) is 61.5 Å². The Morgan fingerprint density at radius 2 is 1.57 bits per heavy atom. The Hall–Kier alpha value is -6.88. The monoisotopic (exact) mass is 1140 g/mol. The van der Waals surface area contributed by atoms with E-state index in [0.717, 1.165) is 118 Å². The number of nitrogens with one attached hydrogen (secondary N) is 5. The van der Waals surface area contributed by atoms with E-state index in [1.54, 1.807) is 17.0 Å². The largest absolute Gasteiger partial charge is 0.483 e. The minimum Gasteiger partial charge on any atom is -0.483 e. The van der Waals surface area contributed by atoms with Gasteiger partial charge in [-0.05, 0) is 106 Å². The number of fused-ring (bicyclic) bond motifs is 3. The van der Waals surface area contributed by atoms with Crippen molar-refractivity contribution in [3.8, 4) is 5.75 Å². The van der Waals surface area contributed by atoms with Gasteiger partial charge in [0.25, 0.3) is 17.7 Å². The fraction of sp³-hybridized carbons (Fsp3) is 0.607. The lowest BCUT2D eigenvalue weighted by Gasteiger charge is -2.46. The predicted molar refractivity (Wildman–Crippen MR) is 311 cm³/mol. The summed E-state index contributed by atoms with van der Waals surface area (Å²) in [6.07, 6.45) is 14.6. The van der Waals surface area contributed by atoms with Crippen LogP contribution in [0.4, 0.5) is 5.82 Å². The third-order valence-corrected chi connectivity index (χ3v) is 16.8. The summed E-state index contributed by atoms with van der Waals surface area (Å²) in [4.78, 5) is 101. The Balaban J connectivity index is 0.587. The maximum atomic E-state index is 13.3. The number of aliphatic hydroxyl groups is 2. The molecule has 448 valence electrons.